The van der Waals surface area contributed by atoms with Gasteiger partial charge in [-0.15, -0.1) is 0 Å². The summed E-state index contributed by atoms with van der Waals surface area (Å²) in [5, 5.41) is 1.77. The van der Waals surface area contributed by atoms with Gasteiger partial charge in [-0.05, 0) is 25.1 Å². The molecule has 2 aromatic rings. The lowest BCUT2D eigenvalue weighted by atomic mass is 10.2. The Bertz CT molecular complexity index is 502. The largest absolute Gasteiger partial charge is 0.344 e. The van der Waals surface area contributed by atoms with Crippen molar-refractivity contribution >= 4 is 28.8 Å². The monoisotopic (exact) mass is 221 g/mol. The summed E-state index contributed by atoms with van der Waals surface area (Å²) in [6.07, 6.45) is 1.37. The Balaban J connectivity index is 2.72. The second-order valence-electron chi connectivity index (χ2n) is 3.42. The quantitative estimate of drug-likeness (QED) is 0.731. The molecule has 0 aliphatic rings. The van der Waals surface area contributed by atoms with Gasteiger partial charge in [0.15, 0.2) is 0 Å². The van der Waals surface area contributed by atoms with E-state index >= 15 is 0 Å². The fraction of sp³-hybridized carbons (Fsp3) is 0.250. The van der Waals surface area contributed by atoms with Crippen LogP contribution in [0.2, 0.25) is 5.02 Å². The predicted octanol–water partition coefficient (Wildman–Crippen LogP) is 3.06. The normalized spacial score (nSPS) is 10.8. The highest BCUT2D eigenvalue weighted by molar-refractivity contribution is 6.35. The lowest BCUT2D eigenvalue weighted by Crippen LogP contribution is -2.00. The van der Waals surface area contributed by atoms with Crippen molar-refractivity contribution in [1.82, 2.24) is 4.57 Å². The van der Waals surface area contributed by atoms with E-state index in [1.165, 1.54) is 0 Å². The molecule has 0 unspecified atom stereocenters. The Hall–Kier alpha value is -1.28. The average Bonchev–Trinajstić information content (AvgIpc) is 2.58. The van der Waals surface area contributed by atoms with Crippen molar-refractivity contribution in [2.24, 2.45) is 0 Å². The number of aryl methyl sites for hydroxylation is 1. The number of carbonyl (C=O) groups excluding carboxylic acids is 1. The summed E-state index contributed by atoms with van der Waals surface area (Å²) in [4.78, 5) is 10.6. The Morgan fingerprint density at radius 2 is 2.27 bits per heavy atom. The van der Waals surface area contributed by atoms with E-state index < -0.39 is 0 Å². The zero-order chi connectivity index (χ0) is 10.8. The number of halogens is 1. The van der Waals surface area contributed by atoms with Crippen LogP contribution in [0.4, 0.5) is 0 Å². The summed E-state index contributed by atoms with van der Waals surface area (Å²) in [5.74, 6) is 0. The number of rotatable bonds is 3. The molecule has 2 nitrogen and oxygen atoms in total. The van der Waals surface area contributed by atoms with Crippen molar-refractivity contribution in [3.63, 3.8) is 0 Å². The maximum absolute atomic E-state index is 10.6. The van der Waals surface area contributed by atoms with Crippen molar-refractivity contribution in [3.8, 4) is 0 Å². The minimum Gasteiger partial charge on any atom is -0.344 e. The Labute approximate surface area is 93.5 Å². The van der Waals surface area contributed by atoms with Crippen LogP contribution >= 0.6 is 11.6 Å². The SMILES string of the molecule is CCn1c(CC=O)cc2c(Cl)cccc21. The van der Waals surface area contributed by atoms with Crippen LogP contribution in [0.15, 0.2) is 24.3 Å². The molecule has 3 heteroatoms. The van der Waals surface area contributed by atoms with E-state index in [4.69, 9.17) is 11.6 Å². The standard InChI is InChI=1S/C12H12ClNO/c1-2-14-9(6-7-15)8-10-11(13)4-3-5-12(10)14/h3-5,7-8H,2,6H2,1H3. The van der Waals surface area contributed by atoms with E-state index in [0.29, 0.717) is 6.42 Å². The molecule has 0 bridgehead atoms. The first-order chi connectivity index (χ1) is 7.27. The van der Waals surface area contributed by atoms with Gasteiger partial charge in [-0.3, -0.25) is 0 Å². The van der Waals surface area contributed by atoms with Crippen LogP contribution in [0.1, 0.15) is 12.6 Å². The van der Waals surface area contributed by atoms with Gasteiger partial charge < -0.3 is 9.36 Å². The number of nitrogens with zero attached hydrogens (tertiary/aromatic N) is 1. The Morgan fingerprint density at radius 1 is 1.47 bits per heavy atom. The predicted molar refractivity (Wildman–Crippen MR) is 62.4 cm³/mol. The summed E-state index contributed by atoms with van der Waals surface area (Å²) in [7, 11) is 0. The van der Waals surface area contributed by atoms with Crippen molar-refractivity contribution in [2.45, 2.75) is 19.9 Å². The molecular weight excluding hydrogens is 210 g/mol. The highest BCUT2D eigenvalue weighted by Crippen LogP contribution is 2.26. The summed E-state index contributed by atoms with van der Waals surface area (Å²) >= 11 is 6.10. The van der Waals surface area contributed by atoms with E-state index in [-0.39, 0.29) is 0 Å². The van der Waals surface area contributed by atoms with Crippen molar-refractivity contribution in [3.05, 3.63) is 35.0 Å². The highest BCUT2D eigenvalue weighted by Gasteiger charge is 2.08. The van der Waals surface area contributed by atoms with Gasteiger partial charge in [0.25, 0.3) is 0 Å². The number of aldehydes is 1. The molecule has 0 saturated heterocycles. The van der Waals surface area contributed by atoms with E-state index in [1.807, 2.05) is 24.3 Å². The van der Waals surface area contributed by atoms with E-state index in [9.17, 15) is 4.79 Å². The first-order valence-corrected chi connectivity index (χ1v) is 5.36. The molecule has 15 heavy (non-hydrogen) atoms. The molecule has 78 valence electrons. The third-order valence-corrected chi connectivity index (χ3v) is 2.92. The van der Waals surface area contributed by atoms with Crippen LogP contribution < -0.4 is 0 Å². The second-order valence-corrected chi connectivity index (χ2v) is 3.83. The van der Waals surface area contributed by atoms with Gasteiger partial charge in [0.1, 0.15) is 6.29 Å². The zero-order valence-corrected chi connectivity index (χ0v) is 9.29. The number of carbonyl (C=O) groups is 1. The second kappa shape index (κ2) is 4.07. The molecule has 0 amide bonds. The maximum Gasteiger partial charge on any atom is 0.125 e. The fourth-order valence-electron chi connectivity index (χ4n) is 1.93. The number of fused-ring (bicyclic) bond motifs is 1. The van der Waals surface area contributed by atoms with Crippen molar-refractivity contribution in [1.29, 1.82) is 0 Å². The lowest BCUT2D eigenvalue weighted by Gasteiger charge is -2.04. The van der Waals surface area contributed by atoms with Crippen LogP contribution in [-0.4, -0.2) is 10.9 Å². The summed E-state index contributed by atoms with van der Waals surface area (Å²) in [5.41, 5.74) is 2.12. The molecule has 1 aromatic heterocycles. The first-order valence-electron chi connectivity index (χ1n) is 4.98. The van der Waals surface area contributed by atoms with Crippen LogP contribution in [0.3, 0.4) is 0 Å². The summed E-state index contributed by atoms with van der Waals surface area (Å²) in [6, 6.07) is 7.82. The minimum atomic E-state index is 0.443. The topological polar surface area (TPSA) is 22.0 Å². The fourth-order valence-corrected chi connectivity index (χ4v) is 2.16. The van der Waals surface area contributed by atoms with Gasteiger partial charge in [-0.25, -0.2) is 0 Å². The number of hydrogen-bond donors (Lipinski definition) is 0. The van der Waals surface area contributed by atoms with E-state index in [0.717, 1.165) is 34.5 Å². The van der Waals surface area contributed by atoms with Crippen LogP contribution in [0, 0.1) is 0 Å². The smallest absolute Gasteiger partial charge is 0.125 e. The van der Waals surface area contributed by atoms with Crippen LogP contribution in [-0.2, 0) is 17.8 Å². The Kier molecular flexibility index (Phi) is 2.78. The van der Waals surface area contributed by atoms with Crippen molar-refractivity contribution in [2.75, 3.05) is 0 Å². The zero-order valence-electron chi connectivity index (χ0n) is 8.53. The van der Waals surface area contributed by atoms with E-state index in [1.54, 1.807) is 0 Å². The number of hydrogen-bond acceptors (Lipinski definition) is 1. The van der Waals surface area contributed by atoms with Gasteiger partial charge in [0, 0.05) is 34.6 Å². The van der Waals surface area contributed by atoms with Crippen molar-refractivity contribution < 1.29 is 4.79 Å². The average molecular weight is 222 g/mol. The lowest BCUT2D eigenvalue weighted by molar-refractivity contribution is -0.107. The molecule has 0 fully saturated rings. The van der Waals surface area contributed by atoms with Gasteiger partial charge in [-0.1, -0.05) is 17.7 Å². The summed E-state index contributed by atoms with van der Waals surface area (Å²) < 4.78 is 2.12. The molecule has 0 radical (unpaired) electrons. The first kappa shape index (κ1) is 10.2. The molecule has 0 saturated carbocycles. The van der Waals surface area contributed by atoms with Gasteiger partial charge in [0.05, 0.1) is 0 Å². The molecule has 2 rings (SSSR count). The molecular formula is C12H12ClNO. The van der Waals surface area contributed by atoms with Crippen LogP contribution in [0.25, 0.3) is 10.9 Å². The number of benzene rings is 1. The highest BCUT2D eigenvalue weighted by atomic mass is 35.5. The molecule has 1 aromatic carbocycles. The number of aromatic nitrogens is 1. The molecule has 0 aliphatic carbocycles. The molecule has 1 heterocycles. The summed E-state index contributed by atoms with van der Waals surface area (Å²) in [6.45, 7) is 2.92. The third-order valence-electron chi connectivity index (χ3n) is 2.59. The maximum atomic E-state index is 10.6. The molecule has 0 atom stereocenters. The van der Waals surface area contributed by atoms with Gasteiger partial charge in [0.2, 0.25) is 0 Å². The van der Waals surface area contributed by atoms with Gasteiger partial charge in [-0.2, -0.15) is 0 Å². The molecule has 0 aliphatic heterocycles. The van der Waals surface area contributed by atoms with Crippen LogP contribution in [0.5, 0.6) is 0 Å². The Morgan fingerprint density at radius 3 is 2.93 bits per heavy atom. The third kappa shape index (κ3) is 1.65. The molecule has 0 spiro atoms. The molecule has 0 N–H and O–H groups in total. The van der Waals surface area contributed by atoms with E-state index in [2.05, 4.69) is 11.5 Å². The minimum absolute atomic E-state index is 0.443. The van der Waals surface area contributed by atoms with Gasteiger partial charge >= 0.3 is 0 Å².